The summed E-state index contributed by atoms with van der Waals surface area (Å²) in [5.74, 6) is 0.682. The van der Waals surface area contributed by atoms with E-state index in [4.69, 9.17) is 4.74 Å². The SMILES string of the molecule is CCOCC(C(C)C)N1CCCN2CCCCC2C1. The van der Waals surface area contributed by atoms with Crippen molar-refractivity contribution in [3.8, 4) is 0 Å². The molecule has 0 aliphatic carbocycles. The molecule has 2 saturated heterocycles. The average molecular weight is 268 g/mol. The van der Waals surface area contributed by atoms with Crippen LogP contribution >= 0.6 is 0 Å². The molecule has 2 fully saturated rings. The van der Waals surface area contributed by atoms with Crippen LogP contribution in [-0.2, 0) is 4.74 Å². The minimum absolute atomic E-state index is 0.599. The fourth-order valence-corrected chi connectivity index (χ4v) is 3.66. The Labute approximate surface area is 119 Å². The predicted molar refractivity (Wildman–Crippen MR) is 80.5 cm³/mol. The van der Waals surface area contributed by atoms with Gasteiger partial charge in [0.2, 0.25) is 0 Å². The van der Waals surface area contributed by atoms with Gasteiger partial charge in [0.05, 0.1) is 6.61 Å². The first-order valence-corrected chi connectivity index (χ1v) is 8.28. The lowest BCUT2D eigenvalue weighted by atomic mass is 9.99. The van der Waals surface area contributed by atoms with Crippen molar-refractivity contribution in [2.75, 3.05) is 39.4 Å². The second-order valence-electron chi connectivity index (χ2n) is 6.50. The molecule has 2 aliphatic rings. The Morgan fingerprint density at radius 2 is 1.89 bits per heavy atom. The summed E-state index contributed by atoms with van der Waals surface area (Å²) in [6, 6.07) is 1.40. The van der Waals surface area contributed by atoms with E-state index < -0.39 is 0 Å². The molecule has 112 valence electrons. The molecule has 0 bridgehead atoms. The molecule has 3 nitrogen and oxygen atoms in total. The standard InChI is InChI=1S/C16H32N2O/c1-4-19-13-16(14(2)3)18-11-7-10-17-9-6-5-8-15(17)12-18/h14-16H,4-13H2,1-3H3. The summed E-state index contributed by atoms with van der Waals surface area (Å²) in [4.78, 5) is 5.46. The van der Waals surface area contributed by atoms with Gasteiger partial charge in [-0.3, -0.25) is 9.80 Å². The molecule has 0 radical (unpaired) electrons. The van der Waals surface area contributed by atoms with Crippen LogP contribution in [0, 0.1) is 5.92 Å². The smallest absolute Gasteiger partial charge is 0.0624 e. The Kier molecular flexibility index (Phi) is 6.11. The van der Waals surface area contributed by atoms with Crippen molar-refractivity contribution < 1.29 is 4.74 Å². The van der Waals surface area contributed by atoms with Gasteiger partial charge in [0.15, 0.2) is 0 Å². The lowest BCUT2D eigenvalue weighted by Gasteiger charge is -2.38. The molecule has 3 heteroatoms. The molecule has 2 unspecified atom stereocenters. The molecule has 2 atom stereocenters. The van der Waals surface area contributed by atoms with E-state index in [0.717, 1.165) is 19.3 Å². The summed E-state index contributed by atoms with van der Waals surface area (Å²) in [7, 11) is 0. The second kappa shape index (κ2) is 7.61. The lowest BCUT2D eigenvalue weighted by molar-refractivity contribution is 0.0348. The molecule has 2 heterocycles. The van der Waals surface area contributed by atoms with Crippen molar-refractivity contribution in [1.82, 2.24) is 9.80 Å². The third-order valence-electron chi connectivity index (χ3n) is 4.82. The topological polar surface area (TPSA) is 15.7 Å². The summed E-state index contributed by atoms with van der Waals surface area (Å²) in [5, 5.41) is 0. The maximum Gasteiger partial charge on any atom is 0.0624 e. The van der Waals surface area contributed by atoms with Crippen molar-refractivity contribution in [3.05, 3.63) is 0 Å². The quantitative estimate of drug-likeness (QED) is 0.762. The van der Waals surface area contributed by atoms with E-state index in [1.807, 2.05) is 0 Å². The molecule has 0 N–H and O–H groups in total. The maximum absolute atomic E-state index is 5.73. The van der Waals surface area contributed by atoms with Gasteiger partial charge in [-0.2, -0.15) is 0 Å². The van der Waals surface area contributed by atoms with Crippen molar-refractivity contribution >= 4 is 0 Å². The number of piperidine rings is 1. The highest BCUT2D eigenvalue weighted by atomic mass is 16.5. The van der Waals surface area contributed by atoms with Crippen molar-refractivity contribution in [2.24, 2.45) is 5.92 Å². The Hall–Kier alpha value is -0.120. The largest absolute Gasteiger partial charge is 0.380 e. The third-order valence-corrected chi connectivity index (χ3v) is 4.82. The number of ether oxygens (including phenoxy) is 1. The van der Waals surface area contributed by atoms with Gasteiger partial charge in [-0.1, -0.05) is 20.3 Å². The fourth-order valence-electron chi connectivity index (χ4n) is 3.66. The van der Waals surface area contributed by atoms with Crippen molar-refractivity contribution in [1.29, 1.82) is 0 Å². The Morgan fingerprint density at radius 1 is 1.11 bits per heavy atom. The highest BCUT2D eigenvalue weighted by molar-refractivity contribution is 4.86. The van der Waals surface area contributed by atoms with Crippen LogP contribution < -0.4 is 0 Å². The first kappa shape index (κ1) is 15.3. The zero-order valence-corrected chi connectivity index (χ0v) is 13.1. The van der Waals surface area contributed by atoms with Gasteiger partial charge < -0.3 is 4.74 Å². The van der Waals surface area contributed by atoms with Crippen molar-refractivity contribution in [2.45, 2.75) is 58.5 Å². The second-order valence-corrected chi connectivity index (χ2v) is 6.50. The molecule has 2 aliphatic heterocycles. The third kappa shape index (κ3) is 4.17. The summed E-state index contributed by atoms with van der Waals surface area (Å²) < 4.78 is 5.73. The van der Waals surface area contributed by atoms with Crippen LogP contribution in [0.4, 0.5) is 0 Å². The highest BCUT2D eigenvalue weighted by Gasteiger charge is 2.31. The van der Waals surface area contributed by atoms with Crippen LogP contribution in [0.3, 0.4) is 0 Å². The van der Waals surface area contributed by atoms with E-state index in [-0.39, 0.29) is 0 Å². The lowest BCUT2D eigenvalue weighted by Crippen LogP contribution is -2.49. The minimum Gasteiger partial charge on any atom is -0.380 e. The summed E-state index contributed by atoms with van der Waals surface area (Å²) in [6.07, 6.45) is 5.55. The van der Waals surface area contributed by atoms with Crippen LogP contribution in [0.2, 0.25) is 0 Å². The van der Waals surface area contributed by atoms with Gasteiger partial charge in [-0.25, -0.2) is 0 Å². The maximum atomic E-state index is 5.73. The van der Waals surface area contributed by atoms with Crippen LogP contribution in [0.1, 0.15) is 46.5 Å². The summed E-state index contributed by atoms with van der Waals surface area (Å²) in [5.41, 5.74) is 0. The molecule has 0 saturated carbocycles. The van der Waals surface area contributed by atoms with Gasteiger partial charge in [0.25, 0.3) is 0 Å². The Morgan fingerprint density at radius 3 is 2.63 bits per heavy atom. The number of rotatable bonds is 5. The predicted octanol–water partition coefficient (Wildman–Crippen LogP) is 2.61. The van der Waals surface area contributed by atoms with Crippen LogP contribution in [-0.4, -0.2) is 61.3 Å². The molecule has 2 rings (SSSR count). The van der Waals surface area contributed by atoms with E-state index >= 15 is 0 Å². The van der Waals surface area contributed by atoms with Gasteiger partial charge in [0.1, 0.15) is 0 Å². The van der Waals surface area contributed by atoms with Crippen LogP contribution in [0.15, 0.2) is 0 Å². The molecule has 0 amide bonds. The number of fused-ring (bicyclic) bond motifs is 1. The number of hydrogen-bond acceptors (Lipinski definition) is 3. The Balaban J connectivity index is 1.96. The summed E-state index contributed by atoms with van der Waals surface area (Å²) >= 11 is 0. The van der Waals surface area contributed by atoms with E-state index in [9.17, 15) is 0 Å². The van der Waals surface area contributed by atoms with Crippen LogP contribution in [0.5, 0.6) is 0 Å². The Bertz CT molecular complexity index is 257. The van der Waals surface area contributed by atoms with E-state index in [1.165, 1.54) is 51.9 Å². The molecular weight excluding hydrogens is 236 g/mol. The normalized spacial score (nSPS) is 28.1. The first-order chi connectivity index (χ1) is 9.22. The van der Waals surface area contributed by atoms with Gasteiger partial charge in [-0.05, 0) is 51.7 Å². The van der Waals surface area contributed by atoms with Gasteiger partial charge >= 0.3 is 0 Å². The fraction of sp³-hybridized carbons (Fsp3) is 1.00. The first-order valence-electron chi connectivity index (χ1n) is 8.28. The van der Waals surface area contributed by atoms with E-state index in [0.29, 0.717) is 12.0 Å². The molecule has 0 aromatic carbocycles. The number of hydrogen-bond donors (Lipinski definition) is 0. The molecule has 0 aromatic heterocycles. The average Bonchev–Trinajstić information content (AvgIpc) is 2.61. The summed E-state index contributed by atoms with van der Waals surface area (Å²) in [6.45, 7) is 13.7. The zero-order chi connectivity index (χ0) is 13.7. The van der Waals surface area contributed by atoms with E-state index in [1.54, 1.807) is 0 Å². The minimum atomic E-state index is 0.599. The molecular formula is C16H32N2O. The van der Waals surface area contributed by atoms with E-state index in [2.05, 4.69) is 30.6 Å². The van der Waals surface area contributed by atoms with Crippen molar-refractivity contribution in [3.63, 3.8) is 0 Å². The molecule has 0 spiro atoms. The van der Waals surface area contributed by atoms with Gasteiger partial charge in [-0.15, -0.1) is 0 Å². The number of nitrogens with zero attached hydrogens (tertiary/aromatic N) is 2. The highest BCUT2D eigenvalue weighted by Crippen LogP contribution is 2.23. The molecule has 19 heavy (non-hydrogen) atoms. The van der Waals surface area contributed by atoms with Crippen LogP contribution in [0.25, 0.3) is 0 Å². The zero-order valence-electron chi connectivity index (χ0n) is 13.1. The monoisotopic (exact) mass is 268 g/mol. The van der Waals surface area contributed by atoms with Gasteiger partial charge in [0, 0.05) is 25.2 Å². The molecule has 0 aromatic rings.